The van der Waals surface area contributed by atoms with E-state index >= 15 is 0 Å². The molecule has 1 aromatic heterocycles. The minimum Gasteiger partial charge on any atom is -0.444 e. The van der Waals surface area contributed by atoms with E-state index in [1.807, 2.05) is 13.8 Å². The zero-order valence-electron chi connectivity index (χ0n) is 10.1. The molecule has 17 heavy (non-hydrogen) atoms. The second-order valence-corrected chi connectivity index (χ2v) is 3.45. The molecular formula is C10H16F2N4O. The van der Waals surface area contributed by atoms with Gasteiger partial charge in [0.25, 0.3) is 6.43 Å². The molecule has 5 nitrogen and oxygen atoms in total. The number of hydrogen-bond donors (Lipinski definition) is 2. The Morgan fingerprint density at radius 1 is 1.41 bits per heavy atom. The van der Waals surface area contributed by atoms with Crippen molar-refractivity contribution in [3.8, 4) is 0 Å². The SMILES string of the molecule is CN=C(NCc1nc(C)c(C)o1)NCC(F)F. The van der Waals surface area contributed by atoms with E-state index in [1.165, 1.54) is 7.05 Å². The third-order valence-electron chi connectivity index (χ3n) is 2.13. The molecule has 0 atom stereocenters. The van der Waals surface area contributed by atoms with Crippen LogP contribution in [0.15, 0.2) is 9.41 Å². The number of guanidine groups is 1. The summed E-state index contributed by atoms with van der Waals surface area (Å²) in [5.74, 6) is 1.54. The smallest absolute Gasteiger partial charge is 0.255 e. The molecule has 1 rings (SSSR count). The number of oxazole rings is 1. The summed E-state index contributed by atoms with van der Waals surface area (Å²) >= 11 is 0. The third-order valence-corrected chi connectivity index (χ3v) is 2.13. The van der Waals surface area contributed by atoms with E-state index in [0.29, 0.717) is 18.4 Å². The van der Waals surface area contributed by atoms with Crippen molar-refractivity contribution in [1.29, 1.82) is 0 Å². The van der Waals surface area contributed by atoms with Crippen LogP contribution >= 0.6 is 0 Å². The summed E-state index contributed by atoms with van der Waals surface area (Å²) in [6.07, 6.45) is -2.42. The molecule has 96 valence electrons. The summed E-state index contributed by atoms with van der Waals surface area (Å²) in [6, 6.07) is 0. The Morgan fingerprint density at radius 3 is 2.59 bits per heavy atom. The molecule has 0 fully saturated rings. The monoisotopic (exact) mass is 246 g/mol. The minimum absolute atomic E-state index is 0.291. The van der Waals surface area contributed by atoms with Crippen molar-refractivity contribution in [1.82, 2.24) is 15.6 Å². The number of aliphatic imine (C=N–C) groups is 1. The summed E-state index contributed by atoms with van der Waals surface area (Å²) in [7, 11) is 1.51. The predicted molar refractivity (Wildman–Crippen MR) is 60.2 cm³/mol. The van der Waals surface area contributed by atoms with Gasteiger partial charge >= 0.3 is 0 Å². The summed E-state index contributed by atoms with van der Waals surface area (Å²) in [5.41, 5.74) is 0.817. The van der Waals surface area contributed by atoms with Crippen LogP contribution in [0.25, 0.3) is 0 Å². The van der Waals surface area contributed by atoms with Crippen molar-refractivity contribution in [3.63, 3.8) is 0 Å². The molecule has 0 bridgehead atoms. The van der Waals surface area contributed by atoms with Gasteiger partial charge in [0, 0.05) is 7.05 Å². The Bertz CT molecular complexity index is 370. The van der Waals surface area contributed by atoms with Crippen molar-refractivity contribution in [3.05, 3.63) is 17.3 Å². The molecule has 1 aromatic rings. The van der Waals surface area contributed by atoms with E-state index in [2.05, 4.69) is 20.6 Å². The van der Waals surface area contributed by atoms with Crippen LogP contribution in [-0.2, 0) is 6.54 Å². The second kappa shape index (κ2) is 6.17. The molecule has 0 aromatic carbocycles. The highest BCUT2D eigenvalue weighted by atomic mass is 19.3. The summed E-state index contributed by atoms with van der Waals surface area (Å²) < 4.78 is 29.3. The maximum atomic E-state index is 12.0. The highest BCUT2D eigenvalue weighted by molar-refractivity contribution is 5.79. The van der Waals surface area contributed by atoms with Crippen molar-refractivity contribution in [2.24, 2.45) is 4.99 Å². The lowest BCUT2D eigenvalue weighted by molar-refractivity contribution is 0.152. The standard InChI is InChI=1S/C10H16F2N4O/c1-6-7(2)17-9(16-6)5-15-10(13-3)14-4-8(11)12/h8H,4-5H2,1-3H3,(H2,13,14,15). The fourth-order valence-electron chi connectivity index (χ4n) is 1.17. The topological polar surface area (TPSA) is 62.5 Å². The lowest BCUT2D eigenvalue weighted by Crippen LogP contribution is -2.39. The summed E-state index contributed by atoms with van der Waals surface area (Å²) in [6.45, 7) is 3.52. The maximum absolute atomic E-state index is 12.0. The van der Waals surface area contributed by atoms with Crippen molar-refractivity contribution < 1.29 is 13.2 Å². The van der Waals surface area contributed by atoms with Crippen LogP contribution in [-0.4, -0.2) is 31.0 Å². The van der Waals surface area contributed by atoms with Crippen LogP contribution in [0.1, 0.15) is 17.3 Å². The van der Waals surface area contributed by atoms with Gasteiger partial charge in [-0.15, -0.1) is 0 Å². The first-order valence-corrected chi connectivity index (χ1v) is 5.18. The quantitative estimate of drug-likeness (QED) is 0.619. The first-order chi connectivity index (χ1) is 8.02. The fraction of sp³-hybridized carbons (Fsp3) is 0.600. The van der Waals surface area contributed by atoms with E-state index in [-0.39, 0.29) is 0 Å². The second-order valence-electron chi connectivity index (χ2n) is 3.45. The van der Waals surface area contributed by atoms with E-state index in [1.54, 1.807) is 0 Å². The largest absolute Gasteiger partial charge is 0.444 e. The minimum atomic E-state index is -2.42. The van der Waals surface area contributed by atoms with Gasteiger partial charge in [-0.25, -0.2) is 13.8 Å². The van der Waals surface area contributed by atoms with E-state index in [0.717, 1.165) is 11.5 Å². The number of aryl methyl sites for hydroxylation is 2. The van der Waals surface area contributed by atoms with Gasteiger partial charge in [-0.05, 0) is 13.8 Å². The van der Waals surface area contributed by atoms with Crippen LogP contribution in [0.2, 0.25) is 0 Å². The molecule has 0 aliphatic carbocycles. The Hall–Kier alpha value is -1.66. The number of alkyl halides is 2. The van der Waals surface area contributed by atoms with Gasteiger partial charge in [0.05, 0.1) is 18.8 Å². The Morgan fingerprint density at radius 2 is 2.12 bits per heavy atom. The predicted octanol–water partition coefficient (Wildman–Crippen LogP) is 1.22. The van der Waals surface area contributed by atoms with E-state index < -0.39 is 13.0 Å². The van der Waals surface area contributed by atoms with Crippen LogP contribution in [0.4, 0.5) is 8.78 Å². The Kier molecular flexibility index (Phi) is 4.86. The Labute approximate surface area is 98.3 Å². The third kappa shape index (κ3) is 4.38. The number of rotatable bonds is 4. The fourth-order valence-corrected chi connectivity index (χ4v) is 1.17. The zero-order valence-corrected chi connectivity index (χ0v) is 10.1. The maximum Gasteiger partial charge on any atom is 0.255 e. The highest BCUT2D eigenvalue weighted by Gasteiger charge is 2.07. The van der Waals surface area contributed by atoms with Crippen LogP contribution in [0.5, 0.6) is 0 Å². The molecule has 0 saturated carbocycles. The van der Waals surface area contributed by atoms with Gasteiger partial charge in [-0.1, -0.05) is 0 Å². The molecule has 0 radical (unpaired) electrons. The zero-order chi connectivity index (χ0) is 12.8. The molecule has 0 amide bonds. The number of nitrogens with zero attached hydrogens (tertiary/aromatic N) is 2. The van der Waals surface area contributed by atoms with Crippen LogP contribution in [0.3, 0.4) is 0 Å². The highest BCUT2D eigenvalue weighted by Crippen LogP contribution is 2.07. The van der Waals surface area contributed by atoms with Crippen molar-refractivity contribution in [2.75, 3.05) is 13.6 Å². The number of hydrogen-bond acceptors (Lipinski definition) is 3. The van der Waals surface area contributed by atoms with Crippen LogP contribution < -0.4 is 10.6 Å². The molecule has 0 unspecified atom stereocenters. The van der Waals surface area contributed by atoms with Gasteiger partial charge in [0.15, 0.2) is 5.96 Å². The first kappa shape index (κ1) is 13.4. The summed E-state index contributed by atoms with van der Waals surface area (Å²) in [5, 5.41) is 5.31. The molecule has 0 aliphatic heterocycles. The first-order valence-electron chi connectivity index (χ1n) is 5.18. The van der Waals surface area contributed by atoms with Crippen molar-refractivity contribution in [2.45, 2.75) is 26.8 Å². The lowest BCUT2D eigenvalue weighted by Gasteiger charge is -2.09. The molecular weight excluding hydrogens is 230 g/mol. The molecule has 0 spiro atoms. The number of aromatic nitrogens is 1. The van der Waals surface area contributed by atoms with Crippen LogP contribution in [0, 0.1) is 13.8 Å². The van der Waals surface area contributed by atoms with Gasteiger partial charge in [0.2, 0.25) is 5.89 Å². The van der Waals surface area contributed by atoms with E-state index in [4.69, 9.17) is 4.42 Å². The molecule has 2 N–H and O–H groups in total. The average molecular weight is 246 g/mol. The average Bonchev–Trinajstić information content (AvgIpc) is 2.58. The van der Waals surface area contributed by atoms with Gasteiger partial charge < -0.3 is 15.1 Å². The molecule has 0 saturated heterocycles. The molecule has 7 heteroatoms. The molecule has 0 aliphatic rings. The van der Waals surface area contributed by atoms with Gasteiger partial charge in [-0.3, -0.25) is 4.99 Å². The number of halogens is 2. The van der Waals surface area contributed by atoms with Gasteiger partial charge in [0.1, 0.15) is 5.76 Å². The van der Waals surface area contributed by atoms with Crippen molar-refractivity contribution >= 4 is 5.96 Å². The van der Waals surface area contributed by atoms with E-state index in [9.17, 15) is 8.78 Å². The normalized spacial score (nSPS) is 12.0. The summed E-state index contributed by atoms with van der Waals surface area (Å²) in [4.78, 5) is 7.95. The Balaban J connectivity index is 2.43. The molecule has 1 heterocycles. The lowest BCUT2D eigenvalue weighted by atomic mass is 10.4. The van der Waals surface area contributed by atoms with Gasteiger partial charge in [-0.2, -0.15) is 0 Å². The number of nitrogens with one attached hydrogen (secondary N) is 2.